The van der Waals surface area contributed by atoms with E-state index in [1.165, 1.54) is 11.3 Å². The summed E-state index contributed by atoms with van der Waals surface area (Å²) in [5, 5.41) is 3.07. The highest BCUT2D eigenvalue weighted by Crippen LogP contribution is 2.69. The predicted octanol–water partition coefficient (Wildman–Crippen LogP) is 4.42. The van der Waals surface area contributed by atoms with Crippen molar-refractivity contribution in [1.29, 1.82) is 0 Å². The Kier molecular flexibility index (Phi) is 5.09. The number of benzene rings is 2. The Balaban J connectivity index is 1.34. The van der Waals surface area contributed by atoms with Gasteiger partial charge >= 0.3 is 0 Å². The third-order valence-electron chi connectivity index (χ3n) is 8.21. The molecule has 5 aliphatic rings. The standard InChI is InChI=1S/C27H26Cl2N2O3/c28-26-17-10-4-5-11-18(17)27(29,20-13-7-6-12-19(20)26)23-22(26)24(33)31(25(23)34)15-14-21(32)30-16-8-2-1-3-9-16/h4-7,10-13,16,22-23H,1-3,8-9,14-15H2,(H,30,32)/t22-,23-,26?,27?/m1/s1. The second kappa shape index (κ2) is 7.82. The summed E-state index contributed by atoms with van der Waals surface area (Å²) in [6.45, 7) is 0.0375. The molecule has 4 aliphatic carbocycles. The molecule has 34 heavy (non-hydrogen) atoms. The van der Waals surface area contributed by atoms with E-state index in [9.17, 15) is 14.4 Å². The van der Waals surface area contributed by atoms with Crippen molar-refractivity contribution < 1.29 is 14.4 Å². The zero-order valence-corrected chi connectivity index (χ0v) is 20.2. The highest BCUT2D eigenvalue weighted by molar-refractivity contribution is 6.36. The molecule has 0 spiro atoms. The van der Waals surface area contributed by atoms with Crippen LogP contribution in [0, 0.1) is 11.8 Å². The van der Waals surface area contributed by atoms with Crippen LogP contribution < -0.4 is 5.32 Å². The molecule has 0 unspecified atom stereocenters. The number of amides is 3. The third kappa shape index (κ3) is 2.83. The molecule has 1 saturated carbocycles. The molecule has 2 fully saturated rings. The van der Waals surface area contributed by atoms with Crippen LogP contribution in [-0.4, -0.2) is 35.2 Å². The van der Waals surface area contributed by atoms with Crippen LogP contribution in [0.4, 0.5) is 0 Å². The predicted molar refractivity (Wildman–Crippen MR) is 129 cm³/mol. The number of nitrogens with zero attached hydrogens (tertiary/aromatic N) is 1. The number of hydrogen-bond donors (Lipinski definition) is 1. The van der Waals surface area contributed by atoms with Crippen molar-refractivity contribution in [2.24, 2.45) is 11.8 Å². The molecule has 2 bridgehead atoms. The fourth-order valence-electron chi connectivity index (χ4n) is 6.71. The van der Waals surface area contributed by atoms with Gasteiger partial charge in [0.15, 0.2) is 0 Å². The molecule has 2 atom stereocenters. The van der Waals surface area contributed by atoms with Crippen molar-refractivity contribution in [3.63, 3.8) is 0 Å². The first kappa shape index (κ1) is 22.1. The zero-order chi connectivity index (χ0) is 23.7. The van der Waals surface area contributed by atoms with Crippen molar-refractivity contribution in [1.82, 2.24) is 10.2 Å². The Bertz CT molecular complexity index is 1080. The molecular weight excluding hydrogens is 471 g/mol. The number of hydrogen-bond acceptors (Lipinski definition) is 3. The van der Waals surface area contributed by atoms with Gasteiger partial charge in [0.05, 0.1) is 11.8 Å². The summed E-state index contributed by atoms with van der Waals surface area (Å²) in [4.78, 5) is 39.0. The molecule has 2 aromatic carbocycles. The molecule has 176 valence electrons. The lowest BCUT2D eigenvalue weighted by molar-refractivity contribution is -0.140. The lowest BCUT2D eigenvalue weighted by Crippen LogP contribution is -2.57. The maximum Gasteiger partial charge on any atom is 0.235 e. The van der Waals surface area contributed by atoms with Crippen LogP contribution >= 0.6 is 23.2 Å². The number of alkyl halides is 2. The lowest BCUT2D eigenvalue weighted by Gasteiger charge is -2.54. The van der Waals surface area contributed by atoms with Gasteiger partial charge in [0.1, 0.15) is 9.75 Å². The van der Waals surface area contributed by atoms with E-state index in [1.807, 2.05) is 48.5 Å². The van der Waals surface area contributed by atoms with E-state index in [4.69, 9.17) is 23.2 Å². The summed E-state index contributed by atoms with van der Waals surface area (Å²) < 4.78 is 0. The molecule has 1 saturated heterocycles. The van der Waals surface area contributed by atoms with Crippen LogP contribution in [0.15, 0.2) is 48.5 Å². The van der Waals surface area contributed by atoms with Crippen LogP contribution in [0.3, 0.4) is 0 Å². The molecule has 5 nitrogen and oxygen atoms in total. The van der Waals surface area contributed by atoms with Crippen LogP contribution in [0.5, 0.6) is 0 Å². The van der Waals surface area contributed by atoms with Crippen LogP contribution in [0.2, 0.25) is 0 Å². The minimum absolute atomic E-state index is 0.0375. The van der Waals surface area contributed by atoms with E-state index >= 15 is 0 Å². The Hall–Kier alpha value is -2.37. The van der Waals surface area contributed by atoms with E-state index in [2.05, 4.69) is 5.32 Å². The average molecular weight is 497 g/mol. The van der Waals surface area contributed by atoms with Gasteiger partial charge in [-0.2, -0.15) is 0 Å². The number of likely N-dealkylation sites (tertiary alicyclic amines) is 1. The maximum absolute atomic E-state index is 13.7. The molecule has 1 N–H and O–H groups in total. The van der Waals surface area contributed by atoms with Crippen LogP contribution in [0.1, 0.15) is 60.8 Å². The Morgan fingerprint density at radius 3 is 1.71 bits per heavy atom. The number of carbonyl (C=O) groups is 3. The van der Waals surface area contributed by atoms with Gasteiger partial charge in [-0.05, 0) is 35.1 Å². The molecule has 3 amide bonds. The maximum atomic E-state index is 13.7. The first-order valence-corrected chi connectivity index (χ1v) is 12.9. The first-order valence-electron chi connectivity index (χ1n) is 12.1. The van der Waals surface area contributed by atoms with Gasteiger partial charge in [0, 0.05) is 19.0 Å². The van der Waals surface area contributed by atoms with Gasteiger partial charge in [-0.1, -0.05) is 67.8 Å². The summed E-state index contributed by atoms with van der Waals surface area (Å²) in [7, 11) is 0. The summed E-state index contributed by atoms with van der Waals surface area (Å²) >= 11 is 14.8. The van der Waals surface area contributed by atoms with Gasteiger partial charge in [0.25, 0.3) is 0 Å². The van der Waals surface area contributed by atoms with Crippen molar-refractivity contribution >= 4 is 40.9 Å². The number of rotatable bonds is 4. The van der Waals surface area contributed by atoms with Crippen molar-refractivity contribution in [3.8, 4) is 0 Å². The quantitative estimate of drug-likeness (QED) is 0.503. The monoisotopic (exact) mass is 496 g/mol. The van der Waals surface area contributed by atoms with Crippen molar-refractivity contribution in [2.75, 3.05) is 6.54 Å². The second-order valence-corrected chi connectivity index (χ2v) is 11.1. The molecule has 2 aromatic rings. The van der Waals surface area contributed by atoms with E-state index in [-0.39, 0.29) is 36.7 Å². The van der Waals surface area contributed by atoms with Gasteiger partial charge in [-0.25, -0.2) is 0 Å². The molecule has 7 heteroatoms. The van der Waals surface area contributed by atoms with Gasteiger partial charge in [-0.15, -0.1) is 23.2 Å². The van der Waals surface area contributed by atoms with E-state index in [0.29, 0.717) is 0 Å². The number of halogens is 2. The third-order valence-corrected chi connectivity index (χ3v) is 9.49. The lowest BCUT2D eigenvalue weighted by atomic mass is 9.54. The topological polar surface area (TPSA) is 66.5 Å². The van der Waals surface area contributed by atoms with E-state index in [0.717, 1.165) is 47.9 Å². The summed E-state index contributed by atoms with van der Waals surface area (Å²) in [5.74, 6) is -2.44. The summed E-state index contributed by atoms with van der Waals surface area (Å²) in [6.07, 6.45) is 5.49. The molecular formula is C27H26Cl2N2O3. The van der Waals surface area contributed by atoms with E-state index in [1.54, 1.807) is 0 Å². The Morgan fingerprint density at radius 2 is 1.26 bits per heavy atom. The highest BCUT2D eigenvalue weighted by atomic mass is 35.5. The Labute approximate surface area is 208 Å². The summed E-state index contributed by atoms with van der Waals surface area (Å²) in [5.41, 5.74) is 3.13. The van der Waals surface area contributed by atoms with Crippen LogP contribution in [-0.2, 0) is 24.1 Å². The molecule has 0 radical (unpaired) electrons. The largest absolute Gasteiger partial charge is 0.353 e. The minimum atomic E-state index is -1.18. The van der Waals surface area contributed by atoms with Crippen molar-refractivity contribution in [2.45, 2.75) is 54.3 Å². The number of imide groups is 1. The van der Waals surface area contributed by atoms with Gasteiger partial charge < -0.3 is 5.32 Å². The average Bonchev–Trinajstić information content (AvgIpc) is 3.12. The van der Waals surface area contributed by atoms with Gasteiger partial charge in [-0.3, -0.25) is 19.3 Å². The van der Waals surface area contributed by atoms with E-state index < -0.39 is 21.6 Å². The zero-order valence-electron chi connectivity index (χ0n) is 18.7. The first-order chi connectivity index (χ1) is 16.4. The smallest absolute Gasteiger partial charge is 0.235 e. The normalized spacial score (nSPS) is 31.8. The van der Waals surface area contributed by atoms with Crippen LogP contribution in [0.25, 0.3) is 0 Å². The summed E-state index contributed by atoms with van der Waals surface area (Å²) in [6, 6.07) is 15.4. The SMILES string of the molecule is O=C(CCN1C(=O)[C@H]2[C@H](C1=O)C1(Cl)c3ccccc3C2(Cl)c2ccccc21)NC1CCCCC1. The highest BCUT2D eigenvalue weighted by Gasteiger charge is 2.72. The molecule has 1 heterocycles. The molecule has 0 aromatic heterocycles. The fourth-order valence-corrected chi connectivity index (χ4v) is 7.80. The molecule has 7 rings (SSSR count). The molecule has 1 aliphatic heterocycles. The second-order valence-electron chi connectivity index (χ2n) is 9.95. The number of carbonyl (C=O) groups excluding carboxylic acids is 3. The number of nitrogens with one attached hydrogen (secondary N) is 1. The Morgan fingerprint density at radius 1 is 0.824 bits per heavy atom. The fraction of sp³-hybridized carbons (Fsp3) is 0.444. The minimum Gasteiger partial charge on any atom is -0.353 e. The van der Waals surface area contributed by atoms with Crippen molar-refractivity contribution in [3.05, 3.63) is 70.8 Å². The van der Waals surface area contributed by atoms with Gasteiger partial charge in [0.2, 0.25) is 17.7 Å².